The van der Waals surface area contributed by atoms with Gasteiger partial charge < -0.3 is 19.7 Å². The fourth-order valence-corrected chi connectivity index (χ4v) is 4.07. The molecule has 2 atom stereocenters. The molecule has 4 rings (SSSR count). The SMILES string of the molecule is O=C(O)N1CCC([C@@H](O)CC2c3ccccc3-c3cncn32)CC1. The van der Waals surface area contributed by atoms with E-state index in [1.165, 1.54) is 16.0 Å². The van der Waals surface area contributed by atoms with Gasteiger partial charge >= 0.3 is 6.09 Å². The molecule has 1 saturated heterocycles. The first-order valence-electron chi connectivity index (χ1n) is 8.42. The number of fused-ring (bicyclic) bond motifs is 3. The maximum atomic E-state index is 11.0. The van der Waals surface area contributed by atoms with Crippen LogP contribution in [0.15, 0.2) is 36.8 Å². The van der Waals surface area contributed by atoms with E-state index >= 15 is 0 Å². The zero-order valence-corrected chi connectivity index (χ0v) is 13.4. The first-order chi connectivity index (χ1) is 11.6. The summed E-state index contributed by atoms with van der Waals surface area (Å²) >= 11 is 0. The number of nitrogens with zero attached hydrogens (tertiary/aromatic N) is 3. The van der Waals surface area contributed by atoms with E-state index in [0.29, 0.717) is 19.5 Å². The monoisotopic (exact) mass is 327 g/mol. The normalized spacial score (nSPS) is 21.4. The summed E-state index contributed by atoms with van der Waals surface area (Å²) in [5, 5.41) is 19.8. The van der Waals surface area contributed by atoms with E-state index in [-0.39, 0.29) is 12.0 Å². The van der Waals surface area contributed by atoms with E-state index in [1.807, 2.05) is 24.7 Å². The molecule has 2 aliphatic rings. The smallest absolute Gasteiger partial charge is 0.407 e. The van der Waals surface area contributed by atoms with Crippen LogP contribution in [0.5, 0.6) is 0 Å². The lowest BCUT2D eigenvalue weighted by atomic mass is 9.86. The first-order valence-corrected chi connectivity index (χ1v) is 8.42. The summed E-state index contributed by atoms with van der Waals surface area (Å²) in [4.78, 5) is 16.7. The van der Waals surface area contributed by atoms with Gasteiger partial charge in [-0.1, -0.05) is 24.3 Å². The number of amides is 1. The van der Waals surface area contributed by atoms with Crippen molar-refractivity contribution in [1.29, 1.82) is 0 Å². The van der Waals surface area contributed by atoms with Crippen LogP contribution in [0.4, 0.5) is 4.79 Å². The molecule has 6 heteroatoms. The van der Waals surface area contributed by atoms with Crippen molar-refractivity contribution in [3.8, 4) is 11.3 Å². The van der Waals surface area contributed by atoms with Crippen molar-refractivity contribution < 1.29 is 15.0 Å². The van der Waals surface area contributed by atoms with Crippen molar-refractivity contribution in [2.45, 2.75) is 31.4 Å². The number of imidazole rings is 1. The molecule has 2 N–H and O–H groups in total. The summed E-state index contributed by atoms with van der Waals surface area (Å²) in [5.74, 6) is 0.153. The van der Waals surface area contributed by atoms with Gasteiger partial charge in [0.1, 0.15) is 0 Å². The number of hydrogen-bond donors (Lipinski definition) is 2. The quantitative estimate of drug-likeness (QED) is 0.908. The van der Waals surface area contributed by atoms with E-state index in [9.17, 15) is 9.90 Å². The Balaban J connectivity index is 1.49. The van der Waals surface area contributed by atoms with Crippen LogP contribution < -0.4 is 0 Å². The van der Waals surface area contributed by atoms with E-state index in [0.717, 1.165) is 18.5 Å². The van der Waals surface area contributed by atoms with Crippen molar-refractivity contribution in [1.82, 2.24) is 14.5 Å². The summed E-state index contributed by atoms with van der Waals surface area (Å²) < 4.78 is 2.14. The Kier molecular flexibility index (Phi) is 3.76. The summed E-state index contributed by atoms with van der Waals surface area (Å²) in [5.41, 5.74) is 3.52. The average Bonchev–Trinajstić information content (AvgIpc) is 3.18. The first kappa shape index (κ1) is 15.2. The van der Waals surface area contributed by atoms with Crippen molar-refractivity contribution in [2.75, 3.05) is 13.1 Å². The minimum atomic E-state index is -0.865. The predicted molar refractivity (Wildman–Crippen MR) is 88.7 cm³/mol. The summed E-state index contributed by atoms with van der Waals surface area (Å²) in [6, 6.07) is 8.37. The fraction of sp³-hybridized carbons (Fsp3) is 0.444. The minimum Gasteiger partial charge on any atom is -0.465 e. The molecule has 6 nitrogen and oxygen atoms in total. The molecule has 2 aliphatic heterocycles. The van der Waals surface area contributed by atoms with Crippen LogP contribution >= 0.6 is 0 Å². The molecule has 0 spiro atoms. The molecule has 1 aromatic heterocycles. The van der Waals surface area contributed by atoms with Crippen LogP contribution in [0.25, 0.3) is 11.3 Å². The van der Waals surface area contributed by atoms with Crippen LogP contribution in [0.1, 0.15) is 30.9 Å². The van der Waals surface area contributed by atoms with Gasteiger partial charge in [-0.25, -0.2) is 9.78 Å². The third-order valence-corrected chi connectivity index (χ3v) is 5.42. The van der Waals surface area contributed by atoms with Crippen LogP contribution in [0.2, 0.25) is 0 Å². The average molecular weight is 327 g/mol. The largest absolute Gasteiger partial charge is 0.465 e. The Hall–Kier alpha value is -2.34. The van der Waals surface area contributed by atoms with Gasteiger partial charge in [-0.2, -0.15) is 0 Å². The molecular formula is C18H21N3O3. The van der Waals surface area contributed by atoms with E-state index in [1.54, 1.807) is 0 Å². The lowest BCUT2D eigenvalue weighted by Crippen LogP contribution is -2.40. The second kappa shape index (κ2) is 5.94. The summed E-state index contributed by atoms with van der Waals surface area (Å²) in [6.45, 7) is 1.02. The van der Waals surface area contributed by atoms with Crippen LogP contribution in [-0.2, 0) is 0 Å². The number of aliphatic hydroxyl groups is 1. The van der Waals surface area contributed by atoms with Gasteiger partial charge in [-0.3, -0.25) is 0 Å². The van der Waals surface area contributed by atoms with E-state index < -0.39 is 12.2 Å². The second-order valence-corrected chi connectivity index (χ2v) is 6.70. The van der Waals surface area contributed by atoms with E-state index in [4.69, 9.17) is 5.11 Å². The third kappa shape index (κ3) is 2.47. The van der Waals surface area contributed by atoms with Crippen LogP contribution in [0.3, 0.4) is 0 Å². The van der Waals surface area contributed by atoms with Gasteiger partial charge in [0.2, 0.25) is 0 Å². The Bertz CT molecular complexity index is 749. The molecule has 126 valence electrons. The minimum absolute atomic E-state index is 0.103. The lowest BCUT2D eigenvalue weighted by Gasteiger charge is -2.33. The Morgan fingerprint density at radius 3 is 2.79 bits per heavy atom. The van der Waals surface area contributed by atoms with E-state index in [2.05, 4.69) is 21.7 Å². The topological polar surface area (TPSA) is 78.6 Å². The maximum Gasteiger partial charge on any atom is 0.407 e. The Labute approximate surface area is 140 Å². The highest BCUT2D eigenvalue weighted by molar-refractivity contribution is 5.69. The third-order valence-electron chi connectivity index (χ3n) is 5.42. The molecule has 0 bridgehead atoms. The number of aromatic nitrogens is 2. The number of hydrogen-bond acceptors (Lipinski definition) is 3. The molecule has 2 aromatic rings. The summed E-state index contributed by atoms with van der Waals surface area (Å²) in [6.07, 6.45) is 4.48. The van der Waals surface area contributed by atoms with Gasteiger partial charge in [0.25, 0.3) is 0 Å². The number of carboxylic acid groups (broad SMARTS) is 1. The number of benzene rings is 1. The number of likely N-dealkylation sites (tertiary alicyclic amines) is 1. The molecule has 0 aliphatic carbocycles. The predicted octanol–water partition coefficient (Wildman–Crippen LogP) is 2.59. The molecule has 1 unspecified atom stereocenters. The zero-order valence-electron chi connectivity index (χ0n) is 13.4. The van der Waals surface area contributed by atoms with Crippen molar-refractivity contribution in [3.63, 3.8) is 0 Å². The van der Waals surface area contributed by atoms with Gasteiger partial charge in [0, 0.05) is 18.7 Å². The molecule has 1 amide bonds. The fourth-order valence-electron chi connectivity index (χ4n) is 4.07. The number of aliphatic hydroxyl groups excluding tert-OH is 1. The highest BCUT2D eigenvalue weighted by Crippen LogP contribution is 2.42. The Morgan fingerprint density at radius 1 is 1.29 bits per heavy atom. The molecule has 1 aromatic carbocycles. The van der Waals surface area contributed by atoms with Gasteiger partial charge in [-0.05, 0) is 30.7 Å². The molecule has 1 fully saturated rings. The number of piperidine rings is 1. The number of rotatable bonds is 3. The zero-order chi connectivity index (χ0) is 16.7. The van der Waals surface area contributed by atoms with Crippen LogP contribution in [0, 0.1) is 5.92 Å². The highest BCUT2D eigenvalue weighted by Gasteiger charge is 2.33. The van der Waals surface area contributed by atoms with Gasteiger partial charge in [-0.15, -0.1) is 0 Å². The maximum absolute atomic E-state index is 11.0. The number of carbonyl (C=O) groups is 1. The Morgan fingerprint density at radius 2 is 2.04 bits per heavy atom. The summed E-state index contributed by atoms with van der Waals surface area (Å²) in [7, 11) is 0. The molecular weight excluding hydrogens is 306 g/mol. The van der Waals surface area contributed by atoms with Gasteiger partial charge in [0.15, 0.2) is 0 Å². The molecule has 0 radical (unpaired) electrons. The lowest BCUT2D eigenvalue weighted by molar-refractivity contribution is 0.0469. The highest BCUT2D eigenvalue weighted by atomic mass is 16.4. The molecule has 24 heavy (non-hydrogen) atoms. The van der Waals surface area contributed by atoms with Crippen LogP contribution in [-0.4, -0.2) is 50.0 Å². The van der Waals surface area contributed by atoms with Crippen molar-refractivity contribution in [2.24, 2.45) is 5.92 Å². The van der Waals surface area contributed by atoms with Crippen molar-refractivity contribution >= 4 is 6.09 Å². The van der Waals surface area contributed by atoms with Gasteiger partial charge in [0.05, 0.1) is 30.4 Å². The second-order valence-electron chi connectivity index (χ2n) is 6.70. The standard InChI is InChI=1S/C18H21N3O3/c22-17(12-5-7-20(8-6-12)18(23)24)9-15-13-3-1-2-4-14(13)16-10-19-11-21(15)16/h1-4,10-12,15,17,22H,5-9H2,(H,23,24)/t15?,17-/m0/s1. The van der Waals surface area contributed by atoms with Crippen molar-refractivity contribution in [3.05, 3.63) is 42.4 Å². The molecule has 0 saturated carbocycles. The molecule has 3 heterocycles.